The summed E-state index contributed by atoms with van der Waals surface area (Å²) in [6.45, 7) is 1.78. The molecule has 5 heteroatoms. The van der Waals surface area contributed by atoms with E-state index in [1.54, 1.807) is 43.3 Å². The summed E-state index contributed by atoms with van der Waals surface area (Å²) in [6, 6.07) is 13.9. The zero-order valence-electron chi connectivity index (χ0n) is 11.4. The van der Waals surface area contributed by atoms with Gasteiger partial charge in [-0.25, -0.2) is 4.79 Å². The molecule has 0 aliphatic heterocycles. The number of nitrogens with one attached hydrogen (secondary N) is 1. The van der Waals surface area contributed by atoms with Crippen LogP contribution in [0.5, 0.6) is 5.75 Å². The van der Waals surface area contributed by atoms with Crippen molar-refractivity contribution in [3.05, 3.63) is 57.7 Å². The molecule has 0 heterocycles. The highest BCUT2D eigenvalue weighted by molar-refractivity contribution is 14.1. The molecule has 0 fully saturated rings. The van der Waals surface area contributed by atoms with Crippen LogP contribution >= 0.6 is 22.6 Å². The normalized spacial score (nSPS) is 10.0. The largest absolute Gasteiger partial charge is 0.423 e. The molecular formula is C16H14INO3. The zero-order valence-corrected chi connectivity index (χ0v) is 13.6. The summed E-state index contributed by atoms with van der Waals surface area (Å²) in [5, 5.41) is 2.73. The van der Waals surface area contributed by atoms with Crippen LogP contribution in [0, 0.1) is 3.57 Å². The quantitative estimate of drug-likeness (QED) is 0.486. The lowest BCUT2D eigenvalue weighted by Gasteiger charge is -2.07. The van der Waals surface area contributed by atoms with Crippen LogP contribution in [0.3, 0.4) is 0 Å². The van der Waals surface area contributed by atoms with Gasteiger partial charge in [-0.15, -0.1) is 0 Å². The number of hydrogen-bond acceptors (Lipinski definition) is 3. The van der Waals surface area contributed by atoms with E-state index in [0.717, 1.165) is 3.57 Å². The summed E-state index contributed by atoms with van der Waals surface area (Å²) in [6.07, 6.45) is 0.420. The molecule has 21 heavy (non-hydrogen) atoms. The minimum absolute atomic E-state index is 0.0569. The number of carbonyl (C=O) groups is 2. The third-order valence-corrected chi connectivity index (χ3v) is 3.70. The highest BCUT2D eigenvalue weighted by Crippen LogP contribution is 2.19. The first-order chi connectivity index (χ1) is 10.1. The molecule has 1 amide bonds. The molecule has 0 aromatic heterocycles. The van der Waals surface area contributed by atoms with Crippen molar-refractivity contribution in [1.29, 1.82) is 0 Å². The molecule has 2 aromatic carbocycles. The monoisotopic (exact) mass is 395 g/mol. The van der Waals surface area contributed by atoms with E-state index in [2.05, 4.69) is 27.9 Å². The van der Waals surface area contributed by atoms with Gasteiger partial charge >= 0.3 is 5.97 Å². The van der Waals surface area contributed by atoms with Crippen molar-refractivity contribution in [2.75, 3.05) is 5.32 Å². The second-order valence-electron chi connectivity index (χ2n) is 4.30. The molecule has 0 radical (unpaired) electrons. The van der Waals surface area contributed by atoms with Crippen molar-refractivity contribution >= 4 is 40.2 Å². The summed E-state index contributed by atoms with van der Waals surface area (Å²) < 4.78 is 6.15. The predicted octanol–water partition coefficient (Wildman–Crippen LogP) is 3.86. The van der Waals surface area contributed by atoms with Crippen molar-refractivity contribution in [2.45, 2.75) is 13.3 Å². The minimum Gasteiger partial charge on any atom is -0.423 e. The maximum atomic E-state index is 12.0. The van der Waals surface area contributed by atoms with E-state index in [-0.39, 0.29) is 5.91 Å². The molecule has 0 spiro atoms. The van der Waals surface area contributed by atoms with E-state index in [1.807, 2.05) is 12.1 Å². The maximum Gasteiger partial charge on any atom is 0.344 e. The Hall–Kier alpha value is -1.89. The third-order valence-electron chi connectivity index (χ3n) is 2.76. The minimum atomic E-state index is -0.398. The van der Waals surface area contributed by atoms with Gasteiger partial charge in [0, 0.05) is 15.7 Å². The van der Waals surface area contributed by atoms with Crippen molar-refractivity contribution in [2.24, 2.45) is 0 Å². The van der Waals surface area contributed by atoms with Crippen LogP contribution in [0.15, 0.2) is 48.5 Å². The SMILES string of the molecule is CCC(=O)Nc1ccc(OC(=O)c2ccccc2I)cc1. The third kappa shape index (κ3) is 4.29. The Morgan fingerprint density at radius 1 is 1.10 bits per heavy atom. The van der Waals surface area contributed by atoms with Gasteiger partial charge < -0.3 is 10.1 Å². The molecule has 0 aliphatic carbocycles. The lowest BCUT2D eigenvalue weighted by atomic mass is 10.2. The maximum absolute atomic E-state index is 12.0. The van der Waals surface area contributed by atoms with Crippen LogP contribution < -0.4 is 10.1 Å². The van der Waals surface area contributed by atoms with Crippen LogP contribution in [0.25, 0.3) is 0 Å². The predicted molar refractivity (Wildman–Crippen MR) is 89.5 cm³/mol. The Balaban J connectivity index is 2.05. The molecule has 0 unspecified atom stereocenters. The molecule has 108 valence electrons. The number of carbonyl (C=O) groups excluding carboxylic acids is 2. The summed E-state index contributed by atoms with van der Waals surface area (Å²) in [5.41, 5.74) is 1.21. The molecule has 0 saturated heterocycles. The summed E-state index contributed by atoms with van der Waals surface area (Å²) in [7, 11) is 0. The van der Waals surface area contributed by atoms with Crippen LogP contribution in [0.4, 0.5) is 5.69 Å². The topological polar surface area (TPSA) is 55.4 Å². The number of hydrogen-bond donors (Lipinski definition) is 1. The summed E-state index contributed by atoms with van der Waals surface area (Å²) in [4.78, 5) is 23.3. The summed E-state index contributed by atoms with van der Waals surface area (Å²) in [5.74, 6) is -0.0157. The Bertz CT molecular complexity index is 653. The average Bonchev–Trinajstić information content (AvgIpc) is 2.49. The molecule has 2 rings (SSSR count). The standard InChI is InChI=1S/C16H14INO3/c1-2-15(19)18-11-7-9-12(10-8-11)21-16(20)13-5-3-4-6-14(13)17/h3-10H,2H2,1H3,(H,18,19). The molecule has 4 nitrogen and oxygen atoms in total. The van der Waals surface area contributed by atoms with Gasteiger partial charge in [-0.3, -0.25) is 4.79 Å². The Kier molecular flexibility index (Phi) is 5.32. The average molecular weight is 395 g/mol. The van der Waals surface area contributed by atoms with E-state index >= 15 is 0 Å². The number of benzene rings is 2. The molecule has 0 bridgehead atoms. The smallest absolute Gasteiger partial charge is 0.344 e. The molecule has 0 atom stereocenters. The number of anilines is 1. The van der Waals surface area contributed by atoms with Crippen molar-refractivity contribution < 1.29 is 14.3 Å². The first-order valence-corrected chi connectivity index (χ1v) is 7.54. The molecular weight excluding hydrogens is 381 g/mol. The highest BCUT2D eigenvalue weighted by atomic mass is 127. The van der Waals surface area contributed by atoms with Gasteiger partial charge in [0.25, 0.3) is 0 Å². The number of amides is 1. The van der Waals surface area contributed by atoms with Crippen molar-refractivity contribution in [3.8, 4) is 5.75 Å². The number of halogens is 1. The van der Waals surface area contributed by atoms with Gasteiger partial charge in [0.15, 0.2) is 0 Å². The fourth-order valence-electron chi connectivity index (χ4n) is 1.64. The Morgan fingerprint density at radius 3 is 2.38 bits per heavy atom. The van der Waals surface area contributed by atoms with Crippen molar-refractivity contribution in [3.63, 3.8) is 0 Å². The van der Waals surface area contributed by atoms with Crippen molar-refractivity contribution in [1.82, 2.24) is 0 Å². The van der Waals surface area contributed by atoms with E-state index in [1.165, 1.54) is 0 Å². The van der Waals surface area contributed by atoms with Crippen LogP contribution in [-0.2, 0) is 4.79 Å². The van der Waals surface area contributed by atoms with Gasteiger partial charge in [0.05, 0.1) is 5.56 Å². The lowest BCUT2D eigenvalue weighted by molar-refractivity contribution is -0.115. The van der Waals surface area contributed by atoms with Gasteiger partial charge in [-0.2, -0.15) is 0 Å². The molecule has 2 aromatic rings. The second kappa shape index (κ2) is 7.21. The van der Waals surface area contributed by atoms with Gasteiger partial charge in [-0.05, 0) is 59.0 Å². The first-order valence-electron chi connectivity index (χ1n) is 6.46. The second-order valence-corrected chi connectivity index (χ2v) is 5.46. The van der Waals surface area contributed by atoms with Crippen LogP contribution in [0.2, 0.25) is 0 Å². The van der Waals surface area contributed by atoms with E-state index in [9.17, 15) is 9.59 Å². The molecule has 1 N–H and O–H groups in total. The Morgan fingerprint density at radius 2 is 1.76 bits per heavy atom. The number of esters is 1. The van der Waals surface area contributed by atoms with E-state index in [0.29, 0.717) is 23.4 Å². The summed E-state index contributed by atoms with van der Waals surface area (Å²) >= 11 is 2.09. The van der Waals surface area contributed by atoms with Gasteiger partial charge in [0.2, 0.25) is 5.91 Å². The van der Waals surface area contributed by atoms with Crippen LogP contribution in [-0.4, -0.2) is 11.9 Å². The highest BCUT2D eigenvalue weighted by Gasteiger charge is 2.11. The molecule has 0 aliphatic rings. The number of rotatable bonds is 4. The first kappa shape index (κ1) is 15.5. The molecule has 0 saturated carbocycles. The van der Waals surface area contributed by atoms with Crippen LogP contribution in [0.1, 0.15) is 23.7 Å². The number of ether oxygens (including phenoxy) is 1. The van der Waals surface area contributed by atoms with E-state index in [4.69, 9.17) is 4.74 Å². The Labute approximate surface area is 136 Å². The fourth-order valence-corrected chi connectivity index (χ4v) is 2.25. The van der Waals surface area contributed by atoms with Gasteiger partial charge in [-0.1, -0.05) is 19.1 Å². The van der Waals surface area contributed by atoms with E-state index < -0.39 is 5.97 Å². The van der Waals surface area contributed by atoms with Gasteiger partial charge in [0.1, 0.15) is 5.75 Å². The lowest BCUT2D eigenvalue weighted by Crippen LogP contribution is -2.11. The fraction of sp³-hybridized carbons (Fsp3) is 0.125. The zero-order chi connectivity index (χ0) is 15.2.